The SMILES string of the molecule is CCCCCCCC(CC(=O)O)OC(=O)CC(CCCCCCC)OC(OC)C(O)C(OC1OC(C)C(O)C(O)C1O)C(O)C(C)C. The number of aliphatic carboxylic acids is 1. The summed E-state index contributed by atoms with van der Waals surface area (Å²) in [7, 11) is 1.29. The minimum Gasteiger partial charge on any atom is -0.481 e. The van der Waals surface area contributed by atoms with E-state index in [9.17, 15) is 40.2 Å². The van der Waals surface area contributed by atoms with Crippen LogP contribution in [-0.4, -0.2) is 117 Å². The standard InChI is InChI=1S/C34H64O13/c1-7-9-11-13-15-17-23(19-25(35)36)45-26(37)20-24(18-16-14-12-10-8-2)46-33(43-6)31(42)32(27(38)21(3)4)47-34-30(41)29(40)28(39)22(5)44-34/h21-24,27-34,38-42H,7-20H2,1-6H3,(H,35,36). The van der Waals surface area contributed by atoms with E-state index in [-0.39, 0.29) is 12.8 Å². The number of carboxylic acids is 1. The summed E-state index contributed by atoms with van der Waals surface area (Å²) in [5.41, 5.74) is 0. The molecule has 0 bridgehead atoms. The molecule has 0 amide bonds. The monoisotopic (exact) mass is 680 g/mol. The molecular weight excluding hydrogens is 616 g/mol. The Morgan fingerprint density at radius 3 is 1.83 bits per heavy atom. The second-order valence-electron chi connectivity index (χ2n) is 13.2. The van der Waals surface area contributed by atoms with Gasteiger partial charge in [-0.15, -0.1) is 0 Å². The van der Waals surface area contributed by atoms with Gasteiger partial charge in [0.1, 0.15) is 36.6 Å². The average Bonchev–Trinajstić information content (AvgIpc) is 3.02. The van der Waals surface area contributed by atoms with Gasteiger partial charge in [0.15, 0.2) is 12.6 Å². The maximum Gasteiger partial charge on any atom is 0.308 e. The van der Waals surface area contributed by atoms with Crippen molar-refractivity contribution in [2.75, 3.05) is 7.11 Å². The van der Waals surface area contributed by atoms with Gasteiger partial charge < -0.3 is 54.3 Å². The summed E-state index contributed by atoms with van der Waals surface area (Å²) < 4.78 is 28.6. The fourth-order valence-electron chi connectivity index (χ4n) is 5.63. The van der Waals surface area contributed by atoms with Crippen LogP contribution in [0.1, 0.15) is 125 Å². The molecule has 47 heavy (non-hydrogen) atoms. The Labute approximate surface area is 280 Å². The molecule has 11 atom stereocenters. The van der Waals surface area contributed by atoms with Gasteiger partial charge in [-0.05, 0) is 32.1 Å². The van der Waals surface area contributed by atoms with E-state index in [1.807, 2.05) is 0 Å². The summed E-state index contributed by atoms with van der Waals surface area (Å²) >= 11 is 0. The third-order valence-corrected chi connectivity index (χ3v) is 8.65. The zero-order valence-corrected chi connectivity index (χ0v) is 29.4. The van der Waals surface area contributed by atoms with E-state index in [4.69, 9.17) is 23.7 Å². The van der Waals surface area contributed by atoms with Crippen molar-refractivity contribution < 1.29 is 63.9 Å². The van der Waals surface area contributed by atoms with Crippen molar-refractivity contribution in [1.82, 2.24) is 0 Å². The van der Waals surface area contributed by atoms with Gasteiger partial charge in [0.2, 0.25) is 0 Å². The number of carbonyl (C=O) groups is 2. The lowest BCUT2D eigenvalue weighted by molar-refractivity contribution is -0.331. The molecule has 278 valence electrons. The summed E-state index contributed by atoms with van der Waals surface area (Å²) in [4.78, 5) is 24.6. The molecule has 1 heterocycles. The molecule has 0 saturated carbocycles. The molecule has 11 unspecified atom stereocenters. The maximum absolute atomic E-state index is 13.1. The van der Waals surface area contributed by atoms with Crippen LogP contribution in [0.15, 0.2) is 0 Å². The number of hydrogen-bond acceptors (Lipinski definition) is 12. The summed E-state index contributed by atoms with van der Waals surface area (Å²) in [6, 6.07) is 0. The number of esters is 1. The summed E-state index contributed by atoms with van der Waals surface area (Å²) in [6.45, 7) is 9.09. The van der Waals surface area contributed by atoms with Gasteiger partial charge in [-0.2, -0.15) is 0 Å². The average molecular weight is 681 g/mol. The van der Waals surface area contributed by atoms with Crippen LogP contribution >= 0.6 is 0 Å². The molecule has 0 aromatic rings. The normalized spacial score (nSPS) is 25.6. The first-order chi connectivity index (χ1) is 22.3. The highest BCUT2D eigenvalue weighted by molar-refractivity contribution is 5.72. The van der Waals surface area contributed by atoms with Gasteiger partial charge in [-0.3, -0.25) is 9.59 Å². The molecule has 0 aromatic carbocycles. The van der Waals surface area contributed by atoms with E-state index >= 15 is 0 Å². The molecule has 1 fully saturated rings. The van der Waals surface area contributed by atoms with Crippen molar-refractivity contribution in [2.24, 2.45) is 5.92 Å². The third-order valence-electron chi connectivity index (χ3n) is 8.65. The number of aliphatic hydroxyl groups is 5. The molecule has 13 heteroatoms. The summed E-state index contributed by atoms with van der Waals surface area (Å²) in [5, 5.41) is 62.7. The molecule has 0 aliphatic carbocycles. The fraction of sp³-hybridized carbons (Fsp3) is 0.941. The van der Waals surface area contributed by atoms with Crippen LogP contribution in [0.25, 0.3) is 0 Å². The van der Waals surface area contributed by atoms with Crippen molar-refractivity contribution in [3.05, 3.63) is 0 Å². The number of aliphatic hydroxyl groups excluding tert-OH is 5. The van der Waals surface area contributed by atoms with Gasteiger partial charge in [0, 0.05) is 7.11 Å². The molecule has 0 aromatic heterocycles. The first-order valence-corrected chi connectivity index (χ1v) is 17.6. The van der Waals surface area contributed by atoms with Crippen molar-refractivity contribution in [3.8, 4) is 0 Å². The Morgan fingerprint density at radius 2 is 1.32 bits per heavy atom. The Balaban J connectivity index is 3.10. The Hall–Kier alpha value is -1.42. The molecule has 1 rings (SSSR count). The molecule has 13 nitrogen and oxygen atoms in total. The van der Waals surface area contributed by atoms with Gasteiger partial charge in [-0.25, -0.2) is 0 Å². The molecule has 0 radical (unpaired) electrons. The van der Waals surface area contributed by atoms with Gasteiger partial charge in [0.05, 0.1) is 31.2 Å². The lowest BCUT2D eigenvalue weighted by atomic mass is 9.96. The van der Waals surface area contributed by atoms with Crippen LogP contribution in [-0.2, 0) is 33.3 Å². The maximum atomic E-state index is 13.1. The van der Waals surface area contributed by atoms with E-state index < -0.39 is 85.4 Å². The third kappa shape index (κ3) is 16.2. The minimum absolute atomic E-state index is 0.212. The zero-order valence-electron chi connectivity index (χ0n) is 29.4. The van der Waals surface area contributed by atoms with Crippen LogP contribution in [0.3, 0.4) is 0 Å². The smallest absolute Gasteiger partial charge is 0.308 e. The number of ether oxygens (including phenoxy) is 5. The Morgan fingerprint density at radius 1 is 0.766 bits per heavy atom. The number of carboxylic acid groups (broad SMARTS) is 1. The highest BCUT2D eigenvalue weighted by Gasteiger charge is 2.46. The minimum atomic E-state index is -1.67. The number of carbonyl (C=O) groups excluding carboxylic acids is 1. The zero-order chi connectivity index (χ0) is 35.5. The molecule has 1 saturated heterocycles. The number of unbranched alkanes of at least 4 members (excludes halogenated alkanes) is 8. The summed E-state index contributed by atoms with van der Waals surface area (Å²) in [5.74, 6) is -2.11. The molecule has 6 N–H and O–H groups in total. The predicted octanol–water partition coefficient (Wildman–Crippen LogP) is 3.43. The lowest BCUT2D eigenvalue weighted by Gasteiger charge is -2.42. The van der Waals surface area contributed by atoms with E-state index in [1.165, 1.54) is 14.0 Å². The first-order valence-electron chi connectivity index (χ1n) is 17.6. The van der Waals surface area contributed by atoms with E-state index in [1.54, 1.807) is 13.8 Å². The first kappa shape index (κ1) is 43.6. The van der Waals surface area contributed by atoms with E-state index in [0.29, 0.717) is 12.8 Å². The number of hydrogen-bond donors (Lipinski definition) is 6. The molecule has 1 aliphatic rings. The Kier molecular flexibility index (Phi) is 22.1. The highest BCUT2D eigenvalue weighted by atomic mass is 16.7. The topological polar surface area (TPSA) is 202 Å². The van der Waals surface area contributed by atoms with Crippen LogP contribution in [0.2, 0.25) is 0 Å². The van der Waals surface area contributed by atoms with Gasteiger partial charge in [0.25, 0.3) is 0 Å². The van der Waals surface area contributed by atoms with Crippen LogP contribution in [0.5, 0.6) is 0 Å². The molecular formula is C34H64O13. The molecule has 1 aliphatic heterocycles. The fourth-order valence-corrected chi connectivity index (χ4v) is 5.63. The van der Waals surface area contributed by atoms with Crippen molar-refractivity contribution >= 4 is 11.9 Å². The molecule has 0 spiro atoms. The number of rotatable bonds is 26. The van der Waals surface area contributed by atoms with Crippen LogP contribution in [0, 0.1) is 5.92 Å². The van der Waals surface area contributed by atoms with Crippen molar-refractivity contribution in [3.63, 3.8) is 0 Å². The quantitative estimate of drug-likeness (QED) is 0.0441. The van der Waals surface area contributed by atoms with Crippen molar-refractivity contribution in [1.29, 1.82) is 0 Å². The Bertz CT molecular complexity index is 843. The largest absolute Gasteiger partial charge is 0.481 e. The highest BCUT2D eigenvalue weighted by Crippen LogP contribution is 2.28. The van der Waals surface area contributed by atoms with Crippen LogP contribution in [0.4, 0.5) is 0 Å². The van der Waals surface area contributed by atoms with Crippen LogP contribution < -0.4 is 0 Å². The summed E-state index contributed by atoms with van der Waals surface area (Å²) in [6.07, 6.45) is -4.40. The van der Waals surface area contributed by atoms with Crippen molar-refractivity contribution in [2.45, 2.75) is 192 Å². The van der Waals surface area contributed by atoms with Gasteiger partial charge >= 0.3 is 11.9 Å². The number of methoxy groups -OCH3 is 1. The van der Waals surface area contributed by atoms with E-state index in [0.717, 1.165) is 64.2 Å². The second-order valence-corrected chi connectivity index (χ2v) is 13.2. The predicted molar refractivity (Wildman–Crippen MR) is 173 cm³/mol. The van der Waals surface area contributed by atoms with Gasteiger partial charge in [-0.1, -0.05) is 85.5 Å². The van der Waals surface area contributed by atoms with E-state index in [2.05, 4.69) is 13.8 Å². The second kappa shape index (κ2) is 23.9. The lowest BCUT2D eigenvalue weighted by Crippen LogP contribution is -2.60.